The van der Waals surface area contributed by atoms with Crippen molar-refractivity contribution in [2.24, 2.45) is 5.41 Å². The van der Waals surface area contributed by atoms with Crippen LogP contribution in [0, 0.1) is 28.1 Å². The Balaban J connectivity index is 1.45. The number of carbonyl (C=O) groups is 1. The number of imidazole rings is 1. The van der Waals surface area contributed by atoms with Crippen LogP contribution in [0.2, 0.25) is 0 Å². The van der Waals surface area contributed by atoms with Crippen molar-refractivity contribution >= 4 is 5.97 Å². The number of nitrogens with zero attached hydrogens (tertiary/aromatic N) is 5. The van der Waals surface area contributed by atoms with Crippen LogP contribution in [0.15, 0.2) is 61.1 Å². The minimum atomic E-state index is -0.826. The van der Waals surface area contributed by atoms with Gasteiger partial charge < -0.3 is 9.67 Å². The number of rotatable bonds is 7. The summed E-state index contributed by atoms with van der Waals surface area (Å²) in [6, 6.07) is 19.2. The van der Waals surface area contributed by atoms with Crippen molar-refractivity contribution in [3.05, 3.63) is 89.0 Å². The van der Waals surface area contributed by atoms with Crippen molar-refractivity contribution in [2.75, 3.05) is 13.1 Å². The number of carboxylic acids is 1. The lowest BCUT2D eigenvalue weighted by atomic mass is 9.73. The third-order valence-electron chi connectivity index (χ3n) is 6.96. The van der Waals surface area contributed by atoms with Crippen LogP contribution in [0.25, 0.3) is 0 Å². The first-order valence-electron chi connectivity index (χ1n) is 11.4. The van der Waals surface area contributed by atoms with Gasteiger partial charge in [0.25, 0.3) is 0 Å². The molecule has 1 aliphatic rings. The minimum Gasteiger partial charge on any atom is -0.481 e. The van der Waals surface area contributed by atoms with E-state index in [9.17, 15) is 15.2 Å². The Morgan fingerprint density at radius 3 is 2.44 bits per heavy atom. The summed E-state index contributed by atoms with van der Waals surface area (Å²) in [6.45, 7) is 4.14. The van der Waals surface area contributed by atoms with Crippen molar-refractivity contribution in [1.82, 2.24) is 14.5 Å². The zero-order valence-corrected chi connectivity index (χ0v) is 19.2. The van der Waals surface area contributed by atoms with Gasteiger partial charge in [0, 0.05) is 18.8 Å². The zero-order chi connectivity index (χ0) is 24.1. The molecule has 2 heterocycles. The molecule has 7 heteroatoms. The van der Waals surface area contributed by atoms with Crippen molar-refractivity contribution in [3.8, 4) is 12.1 Å². The number of piperidine rings is 1. The molecule has 0 radical (unpaired) electrons. The normalized spacial score (nSPS) is 16.3. The number of benzene rings is 2. The number of nitriles is 2. The lowest BCUT2D eigenvalue weighted by Gasteiger charge is -2.41. The lowest BCUT2D eigenvalue weighted by molar-refractivity contribution is -0.152. The first kappa shape index (κ1) is 23.2. The summed E-state index contributed by atoms with van der Waals surface area (Å²) < 4.78 is 2.11. The predicted molar refractivity (Wildman–Crippen MR) is 127 cm³/mol. The van der Waals surface area contributed by atoms with Gasteiger partial charge in [0.15, 0.2) is 0 Å². The second-order valence-electron chi connectivity index (χ2n) is 9.04. The van der Waals surface area contributed by atoms with E-state index < -0.39 is 11.4 Å². The Morgan fingerprint density at radius 2 is 1.79 bits per heavy atom. The SMILES string of the molecule is CC(c1cncn1Cc1ccc(C#N)cc1)N1CCC(Cc2cccc(C#N)c2)(C(=O)O)CC1. The topological polar surface area (TPSA) is 106 Å². The molecule has 0 spiro atoms. The highest BCUT2D eigenvalue weighted by Crippen LogP contribution is 2.38. The minimum absolute atomic E-state index is 0.0922. The van der Waals surface area contributed by atoms with Crippen LogP contribution < -0.4 is 0 Å². The summed E-state index contributed by atoms with van der Waals surface area (Å²) in [5.74, 6) is -0.770. The summed E-state index contributed by atoms with van der Waals surface area (Å²) in [5.41, 5.74) is 3.43. The van der Waals surface area contributed by atoms with Crippen molar-refractivity contribution in [3.63, 3.8) is 0 Å². The van der Waals surface area contributed by atoms with Gasteiger partial charge in [0.2, 0.25) is 0 Å². The Hall–Kier alpha value is -3.94. The summed E-state index contributed by atoms with van der Waals surface area (Å²) in [5, 5.41) is 28.3. The fourth-order valence-corrected chi connectivity index (χ4v) is 4.83. The van der Waals surface area contributed by atoms with Gasteiger partial charge in [-0.1, -0.05) is 24.3 Å². The third-order valence-corrected chi connectivity index (χ3v) is 6.96. The molecule has 0 amide bonds. The van der Waals surface area contributed by atoms with Crippen LogP contribution in [0.4, 0.5) is 0 Å². The Morgan fingerprint density at radius 1 is 1.09 bits per heavy atom. The number of likely N-dealkylation sites (tertiary alicyclic amines) is 1. The van der Waals surface area contributed by atoms with E-state index in [0.29, 0.717) is 50.0 Å². The first-order valence-corrected chi connectivity index (χ1v) is 11.4. The van der Waals surface area contributed by atoms with E-state index in [1.54, 1.807) is 12.1 Å². The van der Waals surface area contributed by atoms with E-state index in [0.717, 1.165) is 16.8 Å². The van der Waals surface area contributed by atoms with Gasteiger partial charge in [-0.25, -0.2) is 4.98 Å². The van der Waals surface area contributed by atoms with E-state index in [4.69, 9.17) is 5.26 Å². The van der Waals surface area contributed by atoms with E-state index in [-0.39, 0.29) is 6.04 Å². The molecule has 2 aromatic carbocycles. The van der Waals surface area contributed by atoms with Gasteiger partial charge in [-0.2, -0.15) is 10.5 Å². The highest BCUT2D eigenvalue weighted by molar-refractivity contribution is 5.75. The number of aromatic nitrogens is 2. The predicted octanol–water partition coefficient (Wildman–Crippen LogP) is 4.15. The van der Waals surface area contributed by atoms with Gasteiger partial charge in [0.1, 0.15) is 0 Å². The molecule has 3 aromatic rings. The van der Waals surface area contributed by atoms with Gasteiger partial charge in [-0.15, -0.1) is 0 Å². The number of carboxylic acid groups (broad SMARTS) is 1. The Kier molecular flexibility index (Phi) is 6.77. The number of aliphatic carboxylic acids is 1. The van der Waals surface area contributed by atoms with Gasteiger partial charge in [-0.3, -0.25) is 9.69 Å². The van der Waals surface area contributed by atoms with Crippen molar-refractivity contribution in [2.45, 2.75) is 38.8 Å². The molecule has 34 heavy (non-hydrogen) atoms. The molecule has 1 aromatic heterocycles. The second-order valence-corrected chi connectivity index (χ2v) is 9.04. The van der Waals surface area contributed by atoms with Crippen LogP contribution in [-0.2, 0) is 17.8 Å². The number of hydrogen-bond donors (Lipinski definition) is 1. The monoisotopic (exact) mass is 453 g/mol. The summed E-state index contributed by atoms with van der Waals surface area (Å²) >= 11 is 0. The maximum absolute atomic E-state index is 12.3. The molecule has 4 rings (SSSR count). The summed E-state index contributed by atoms with van der Waals surface area (Å²) in [7, 11) is 0. The molecule has 1 atom stereocenters. The molecule has 1 fully saturated rings. The molecule has 0 aliphatic carbocycles. The Labute approximate surface area is 199 Å². The van der Waals surface area contributed by atoms with E-state index in [1.807, 2.05) is 48.9 Å². The quantitative estimate of drug-likeness (QED) is 0.576. The van der Waals surface area contributed by atoms with E-state index >= 15 is 0 Å². The fourth-order valence-electron chi connectivity index (χ4n) is 4.83. The van der Waals surface area contributed by atoms with E-state index in [2.05, 4.69) is 33.5 Å². The molecule has 172 valence electrons. The molecule has 1 N–H and O–H groups in total. The molecular weight excluding hydrogens is 426 g/mol. The molecule has 0 bridgehead atoms. The molecule has 0 saturated carbocycles. The molecular formula is C27H27N5O2. The standard InChI is InChI=1S/C27H27N5O2/c1-20(25-17-30-19-32(25)18-22-7-5-21(15-28)6-8-22)31-11-9-27(10-12-31,26(33)34)14-23-3-2-4-24(13-23)16-29/h2-8,13,17,19-20H,9-12,14,18H2,1H3,(H,33,34). The first-order chi connectivity index (χ1) is 16.4. The van der Waals surface area contributed by atoms with Crippen molar-refractivity contribution in [1.29, 1.82) is 10.5 Å². The van der Waals surface area contributed by atoms with Crippen LogP contribution in [0.1, 0.15) is 53.8 Å². The van der Waals surface area contributed by atoms with Crippen LogP contribution >= 0.6 is 0 Å². The van der Waals surface area contributed by atoms with Crippen molar-refractivity contribution < 1.29 is 9.90 Å². The van der Waals surface area contributed by atoms with E-state index in [1.165, 1.54) is 0 Å². The number of hydrogen-bond acceptors (Lipinski definition) is 5. The van der Waals surface area contributed by atoms with Crippen LogP contribution in [0.3, 0.4) is 0 Å². The second kappa shape index (κ2) is 9.91. The van der Waals surface area contributed by atoms with Crippen LogP contribution in [0.5, 0.6) is 0 Å². The average molecular weight is 454 g/mol. The average Bonchev–Trinajstić information content (AvgIpc) is 3.32. The highest BCUT2D eigenvalue weighted by atomic mass is 16.4. The maximum Gasteiger partial charge on any atom is 0.310 e. The smallest absolute Gasteiger partial charge is 0.310 e. The Bertz CT molecular complexity index is 1240. The van der Waals surface area contributed by atoms with Gasteiger partial charge in [-0.05, 0) is 74.7 Å². The fraction of sp³-hybridized carbons (Fsp3) is 0.333. The van der Waals surface area contributed by atoms with Crippen LogP contribution in [-0.4, -0.2) is 38.6 Å². The van der Waals surface area contributed by atoms with Gasteiger partial charge in [0.05, 0.1) is 40.7 Å². The largest absolute Gasteiger partial charge is 0.481 e. The zero-order valence-electron chi connectivity index (χ0n) is 19.2. The molecule has 1 aliphatic heterocycles. The van der Waals surface area contributed by atoms with Gasteiger partial charge >= 0.3 is 5.97 Å². The molecule has 1 unspecified atom stereocenters. The molecule has 7 nitrogen and oxygen atoms in total. The summed E-state index contributed by atoms with van der Waals surface area (Å²) in [4.78, 5) is 19.0. The summed E-state index contributed by atoms with van der Waals surface area (Å²) in [6.07, 6.45) is 5.22. The molecule has 1 saturated heterocycles. The third kappa shape index (κ3) is 4.85. The highest BCUT2D eigenvalue weighted by Gasteiger charge is 2.42. The lowest BCUT2D eigenvalue weighted by Crippen LogP contribution is -2.46. The maximum atomic E-state index is 12.3.